The van der Waals surface area contributed by atoms with E-state index in [4.69, 9.17) is 9.47 Å². The van der Waals surface area contributed by atoms with Crippen molar-refractivity contribution in [3.05, 3.63) is 45.6 Å². The Morgan fingerprint density at radius 2 is 1.63 bits per heavy atom. The summed E-state index contributed by atoms with van der Waals surface area (Å²) >= 11 is -2.64. The first kappa shape index (κ1) is 28.2. The number of β-lactam (4-membered cyclic amide) rings is 1. The third-order valence-corrected chi connectivity index (χ3v) is 22.1. The monoisotopic (exact) mass is 591 g/mol. The van der Waals surface area contributed by atoms with Gasteiger partial charge in [-0.05, 0) is 0 Å². The van der Waals surface area contributed by atoms with Crippen LogP contribution < -0.4 is 0 Å². The van der Waals surface area contributed by atoms with Gasteiger partial charge in [0.2, 0.25) is 0 Å². The molecule has 1 aromatic rings. The Labute approximate surface area is 216 Å². The molecule has 0 N–H and O–H groups in total. The van der Waals surface area contributed by atoms with Gasteiger partial charge < -0.3 is 0 Å². The van der Waals surface area contributed by atoms with Crippen molar-refractivity contribution in [2.45, 2.75) is 97.8 Å². The zero-order chi connectivity index (χ0) is 25.3. The number of carbonyl (C=O) groups excluding carboxylic acids is 2. The maximum absolute atomic E-state index is 13.1. The van der Waals surface area contributed by atoms with Crippen molar-refractivity contribution in [1.82, 2.24) is 4.90 Å². The van der Waals surface area contributed by atoms with E-state index in [1.165, 1.54) is 64.5 Å². The molecule has 1 aromatic carbocycles. The second-order valence-corrected chi connectivity index (χ2v) is 23.3. The van der Waals surface area contributed by atoms with Crippen LogP contribution in [0, 0.1) is 5.92 Å². The third-order valence-electron chi connectivity index (χ3n) is 7.85. The molecule has 35 heavy (non-hydrogen) atoms. The number of nitrogens with zero attached hydrogens (tertiary/aromatic N) is 1. The average Bonchev–Trinajstić information content (AvgIpc) is 3.18. The fourth-order valence-corrected chi connectivity index (χ4v) is 21.4. The van der Waals surface area contributed by atoms with Crippen LogP contribution in [0.25, 0.3) is 0 Å². The summed E-state index contributed by atoms with van der Waals surface area (Å²) in [6.45, 7) is 7.93. The minimum atomic E-state index is -2.64. The van der Waals surface area contributed by atoms with Crippen molar-refractivity contribution in [2.75, 3.05) is 13.7 Å². The van der Waals surface area contributed by atoms with Crippen LogP contribution in [0.15, 0.2) is 40.0 Å². The molecule has 2 saturated heterocycles. The summed E-state index contributed by atoms with van der Waals surface area (Å²) in [6.07, 6.45) is 7.46. The molecule has 2 fully saturated rings. The summed E-state index contributed by atoms with van der Waals surface area (Å²) in [5.74, 6) is -0.0579. The van der Waals surface area contributed by atoms with E-state index in [1.54, 1.807) is 0 Å². The molecule has 0 radical (unpaired) electrons. The van der Waals surface area contributed by atoms with Gasteiger partial charge in [-0.3, -0.25) is 0 Å². The van der Waals surface area contributed by atoms with E-state index in [9.17, 15) is 9.59 Å². The number of hydrogen-bond acceptors (Lipinski definition) is 4. The predicted octanol–water partition coefficient (Wildman–Crippen LogP) is 6.29. The Hall–Kier alpha value is -1.34. The molecule has 194 valence electrons. The minimum absolute atomic E-state index is 0.0122. The molecular weight excluding hydrogens is 545 g/mol. The van der Waals surface area contributed by atoms with E-state index in [0.717, 1.165) is 5.56 Å². The van der Waals surface area contributed by atoms with Gasteiger partial charge in [0, 0.05) is 0 Å². The molecule has 2 aliphatic rings. The maximum atomic E-state index is 13.1. The number of esters is 1. The summed E-state index contributed by atoms with van der Waals surface area (Å²) in [5, 5.41) is 0. The number of ether oxygens (including phenoxy) is 2. The average molecular weight is 590 g/mol. The standard InChI is InChI=1S/C17H18NO4.3C4H9.Sn/c1-11-13(8-14(19)21-2)9-18-15(11)16(17(18)20)22-10-12-6-4-3-5-7-12;3*1-3-4-2;/h1,3-7,13,15-16H,8-10H2,2H3;3*1,3-4H2,2H3;/t13-,15-,16+;;;;/m0..../s1. The van der Waals surface area contributed by atoms with Crippen molar-refractivity contribution in [1.29, 1.82) is 0 Å². The molecule has 0 bridgehead atoms. The van der Waals surface area contributed by atoms with Crippen molar-refractivity contribution in [3.63, 3.8) is 0 Å². The first-order valence-corrected chi connectivity index (χ1v) is 21.4. The summed E-state index contributed by atoms with van der Waals surface area (Å²) in [6, 6.07) is 10.0. The van der Waals surface area contributed by atoms with Crippen LogP contribution in [-0.4, -0.2) is 61.0 Å². The summed E-state index contributed by atoms with van der Waals surface area (Å²) < 4.78 is 18.1. The molecule has 2 aliphatic heterocycles. The quantitative estimate of drug-likeness (QED) is 0.137. The fraction of sp³-hybridized carbons (Fsp3) is 0.655. The first-order valence-electron chi connectivity index (χ1n) is 13.7. The van der Waals surface area contributed by atoms with E-state index < -0.39 is 24.5 Å². The van der Waals surface area contributed by atoms with E-state index in [1.807, 2.05) is 35.2 Å². The number of fused-ring (bicyclic) bond motifs is 1. The SMILES string of the molecule is CCC[CH2][Sn](/[CH]=C1/[C@@H](CC(=O)OC)CN2C(=O)[C@H](OCc3ccccc3)[C@H]12)([CH2]CCC)[CH2]CCC. The number of unbranched alkanes of at least 4 members (excludes halogenated alkanes) is 3. The zero-order valence-electron chi connectivity index (χ0n) is 22.3. The van der Waals surface area contributed by atoms with E-state index in [0.29, 0.717) is 19.6 Å². The van der Waals surface area contributed by atoms with Gasteiger partial charge in [0.1, 0.15) is 0 Å². The van der Waals surface area contributed by atoms with Gasteiger partial charge >= 0.3 is 217 Å². The van der Waals surface area contributed by atoms with Crippen molar-refractivity contribution < 1.29 is 19.1 Å². The summed E-state index contributed by atoms with van der Waals surface area (Å²) in [4.78, 5) is 27.4. The Balaban J connectivity index is 1.93. The number of rotatable bonds is 15. The molecule has 2 heterocycles. The van der Waals surface area contributed by atoms with Crippen LogP contribution in [0.3, 0.4) is 0 Å². The first-order chi connectivity index (χ1) is 17.0. The van der Waals surface area contributed by atoms with Crippen LogP contribution in [0.4, 0.5) is 0 Å². The van der Waals surface area contributed by atoms with Crippen LogP contribution >= 0.6 is 0 Å². The topological polar surface area (TPSA) is 55.8 Å². The van der Waals surface area contributed by atoms with Gasteiger partial charge in [0.15, 0.2) is 0 Å². The Bertz CT molecular complexity index is 834. The molecule has 3 rings (SSSR count). The second-order valence-electron chi connectivity index (χ2n) is 10.4. The normalized spacial score (nSPS) is 22.9. The number of hydrogen-bond donors (Lipinski definition) is 0. The van der Waals surface area contributed by atoms with E-state index >= 15 is 0 Å². The molecule has 0 aromatic heterocycles. The van der Waals surface area contributed by atoms with Crippen LogP contribution in [0.2, 0.25) is 13.3 Å². The van der Waals surface area contributed by atoms with Gasteiger partial charge in [-0.15, -0.1) is 0 Å². The Morgan fingerprint density at radius 1 is 1.03 bits per heavy atom. The Kier molecular flexibility index (Phi) is 11.2. The van der Waals surface area contributed by atoms with Crippen molar-refractivity contribution >= 4 is 30.3 Å². The zero-order valence-corrected chi connectivity index (χ0v) is 25.1. The molecular formula is C29H45NO4Sn. The van der Waals surface area contributed by atoms with E-state index in [2.05, 4.69) is 24.9 Å². The molecule has 0 aliphatic carbocycles. The van der Waals surface area contributed by atoms with Gasteiger partial charge in [0.05, 0.1) is 0 Å². The van der Waals surface area contributed by atoms with Crippen LogP contribution in [0.1, 0.15) is 71.3 Å². The summed E-state index contributed by atoms with van der Waals surface area (Å²) in [5.41, 5.74) is 2.41. The second kappa shape index (κ2) is 13.8. The van der Waals surface area contributed by atoms with Crippen LogP contribution in [0.5, 0.6) is 0 Å². The van der Waals surface area contributed by atoms with Crippen molar-refractivity contribution in [2.24, 2.45) is 5.92 Å². The van der Waals surface area contributed by atoms with E-state index in [-0.39, 0.29) is 23.8 Å². The van der Waals surface area contributed by atoms with Gasteiger partial charge in [-0.1, -0.05) is 0 Å². The van der Waals surface area contributed by atoms with Crippen molar-refractivity contribution in [3.8, 4) is 0 Å². The molecule has 5 nitrogen and oxygen atoms in total. The number of benzene rings is 1. The third kappa shape index (κ3) is 7.12. The van der Waals surface area contributed by atoms with Crippen LogP contribution in [-0.2, 0) is 25.7 Å². The molecule has 0 saturated carbocycles. The van der Waals surface area contributed by atoms with Gasteiger partial charge in [-0.2, -0.15) is 0 Å². The van der Waals surface area contributed by atoms with Gasteiger partial charge in [0.25, 0.3) is 0 Å². The predicted molar refractivity (Wildman–Crippen MR) is 144 cm³/mol. The summed E-state index contributed by atoms with van der Waals surface area (Å²) in [7, 11) is 1.46. The number of amides is 1. The number of methoxy groups -OCH3 is 1. The van der Waals surface area contributed by atoms with Gasteiger partial charge in [-0.25, -0.2) is 0 Å². The Morgan fingerprint density at radius 3 is 2.17 bits per heavy atom. The molecule has 6 heteroatoms. The fourth-order valence-electron chi connectivity index (χ4n) is 5.78. The molecule has 3 atom stereocenters. The number of carbonyl (C=O) groups is 2. The molecule has 1 amide bonds. The molecule has 0 spiro atoms. The molecule has 0 unspecified atom stereocenters.